The third-order valence-corrected chi connectivity index (χ3v) is 11.7. The first kappa shape index (κ1) is 22.3. The van der Waals surface area contributed by atoms with Gasteiger partial charge in [-0.05, 0) is 34.3 Å². The van der Waals surface area contributed by atoms with E-state index in [0.29, 0.717) is 16.6 Å². The Morgan fingerprint density at radius 3 is 2.18 bits per heavy atom. The molecule has 154 valence electrons. The van der Waals surface area contributed by atoms with Crippen LogP contribution < -0.4 is 0 Å². The molecule has 2 rings (SSSR count). The first-order valence-electron chi connectivity index (χ1n) is 9.86. The van der Waals surface area contributed by atoms with Gasteiger partial charge in [-0.15, -0.1) is 0 Å². The van der Waals surface area contributed by atoms with Crippen LogP contribution >= 0.6 is 0 Å². The van der Waals surface area contributed by atoms with Crippen LogP contribution in [0.15, 0.2) is 37.2 Å². The van der Waals surface area contributed by atoms with Gasteiger partial charge in [0.15, 0.2) is 6.10 Å². The molecule has 0 bridgehead atoms. The number of likely N-dealkylation sites (tertiary alicyclic amines) is 1. The molecular formula is C21H32N2O4Si. The minimum Gasteiger partial charge on any atom is -0.445 e. The number of β-lactam (4-membered cyclic amide) rings is 1. The van der Waals surface area contributed by atoms with E-state index >= 15 is 0 Å². The monoisotopic (exact) mass is 404 g/mol. The van der Waals surface area contributed by atoms with Crippen molar-refractivity contribution in [2.75, 3.05) is 6.61 Å². The van der Waals surface area contributed by atoms with Crippen molar-refractivity contribution in [3.8, 4) is 0 Å². The minimum atomic E-state index is -2.30. The number of pyridine rings is 1. The first-order valence-corrected chi connectivity index (χ1v) is 12.0. The molecule has 1 aliphatic rings. The summed E-state index contributed by atoms with van der Waals surface area (Å²) in [7, 11) is -2.30. The maximum absolute atomic E-state index is 13.0. The van der Waals surface area contributed by atoms with E-state index in [2.05, 4.69) is 53.1 Å². The lowest BCUT2D eigenvalue weighted by molar-refractivity contribution is -0.161. The molecule has 2 heterocycles. The highest BCUT2D eigenvalue weighted by Crippen LogP contribution is 2.47. The fourth-order valence-electron chi connectivity index (χ4n) is 4.49. The highest BCUT2D eigenvalue weighted by atomic mass is 28.4. The van der Waals surface area contributed by atoms with E-state index in [1.165, 1.54) is 6.08 Å². The van der Waals surface area contributed by atoms with Crippen LogP contribution in [0.1, 0.15) is 53.1 Å². The van der Waals surface area contributed by atoms with E-state index in [-0.39, 0.29) is 12.5 Å². The van der Waals surface area contributed by atoms with Crippen LogP contribution in [0.4, 0.5) is 4.79 Å². The lowest BCUT2D eigenvalue weighted by Gasteiger charge is -2.51. The average Bonchev–Trinajstić information content (AvgIpc) is 2.64. The lowest BCUT2D eigenvalue weighted by atomic mass is 9.92. The van der Waals surface area contributed by atoms with Crippen molar-refractivity contribution in [1.29, 1.82) is 0 Å². The van der Waals surface area contributed by atoms with E-state index in [4.69, 9.17) is 9.16 Å². The molecule has 2 atom stereocenters. The van der Waals surface area contributed by atoms with Crippen molar-refractivity contribution in [3.05, 3.63) is 42.7 Å². The van der Waals surface area contributed by atoms with Crippen molar-refractivity contribution < 1.29 is 18.8 Å². The number of aromatic nitrogens is 1. The Kier molecular flexibility index (Phi) is 7.17. The molecule has 0 unspecified atom stereocenters. The third-order valence-electron chi connectivity index (χ3n) is 5.65. The fourth-order valence-corrected chi connectivity index (χ4v) is 9.98. The minimum absolute atomic E-state index is 0.0554. The zero-order valence-corrected chi connectivity index (χ0v) is 18.7. The Balaban J connectivity index is 2.40. The largest absolute Gasteiger partial charge is 0.445 e. The van der Waals surface area contributed by atoms with Crippen LogP contribution in [0.25, 0.3) is 0 Å². The van der Waals surface area contributed by atoms with Gasteiger partial charge >= 0.3 is 6.09 Å². The molecule has 1 saturated heterocycles. The van der Waals surface area contributed by atoms with Crippen molar-refractivity contribution >= 4 is 20.3 Å². The van der Waals surface area contributed by atoms with Gasteiger partial charge in [0.25, 0.3) is 5.91 Å². The molecule has 1 aliphatic heterocycles. The SMILES string of the molecule is C=CCOC(=O)N1C(=O)[C@H](O[Si](C(C)C)(C(C)C)C(C)C)[C@@H]1c1ccncc1. The van der Waals surface area contributed by atoms with Crippen LogP contribution in [0.5, 0.6) is 0 Å². The Morgan fingerprint density at radius 1 is 1.18 bits per heavy atom. The normalized spacial score (nSPS) is 19.9. The summed E-state index contributed by atoms with van der Waals surface area (Å²) >= 11 is 0. The predicted molar refractivity (Wildman–Crippen MR) is 111 cm³/mol. The van der Waals surface area contributed by atoms with E-state index in [9.17, 15) is 9.59 Å². The molecule has 7 heteroatoms. The summed E-state index contributed by atoms with van der Waals surface area (Å²) in [5.41, 5.74) is 1.81. The second-order valence-corrected chi connectivity index (χ2v) is 13.6. The summed E-state index contributed by atoms with van der Waals surface area (Å²) in [6.07, 6.45) is 3.43. The summed E-state index contributed by atoms with van der Waals surface area (Å²) in [6.45, 7) is 16.6. The van der Waals surface area contributed by atoms with Gasteiger partial charge in [0, 0.05) is 12.4 Å². The number of rotatable bonds is 8. The number of carbonyl (C=O) groups is 2. The molecule has 0 spiro atoms. The van der Waals surface area contributed by atoms with Gasteiger partial charge in [0.1, 0.15) is 12.6 Å². The summed E-state index contributed by atoms with van der Waals surface area (Å²) in [5, 5.41) is 0. The molecule has 1 fully saturated rings. The zero-order valence-electron chi connectivity index (χ0n) is 17.7. The second kappa shape index (κ2) is 9.00. The van der Waals surface area contributed by atoms with Crippen LogP contribution in [-0.2, 0) is 14.0 Å². The van der Waals surface area contributed by atoms with Gasteiger partial charge < -0.3 is 9.16 Å². The Labute approximate surface area is 169 Å². The van der Waals surface area contributed by atoms with Gasteiger partial charge in [-0.2, -0.15) is 0 Å². The highest BCUT2D eigenvalue weighted by molar-refractivity contribution is 6.77. The van der Waals surface area contributed by atoms with Gasteiger partial charge in [0.05, 0.1) is 0 Å². The van der Waals surface area contributed by atoms with Crippen LogP contribution in [-0.4, -0.2) is 42.9 Å². The molecule has 1 aromatic rings. The lowest BCUT2D eigenvalue weighted by Crippen LogP contribution is -2.66. The van der Waals surface area contributed by atoms with Crippen LogP contribution in [0.3, 0.4) is 0 Å². The number of hydrogen-bond acceptors (Lipinski definition) is 5. The molecule has 0 saturated carbocycles. The maximum Gasteiger partial charge on any atom is 0.417 e. The maximum atomic E-state index is 13.0. The van der Waals surface area contributed by atoms with Gasteiger partial charge in [-0.1, -0.05) is 54.2 Å². The smallest absolute Gasteiger partial charge is 0.417 e. The number of ether oxygens (including phenoxy) is 1. The molecular weight excluding hydrogens is 372 g/mol. The number of carbonyl (C=O) groups excluding carboxylic acids is 2. The van der Waals surface area contributed by atoms with Gasteiger partial charge in [-0.25, -0.2) is 9.69 Å². The first-order chi connectivity index (χ1) is 13.2. The Morgan fingerprint density at radius 2 is 1.71 bits per heavy atom. The summed E-state index contributed by atoms with van der Waals surface area (Å²) in [6, 6.07) is 3.12. The topological polar surface area (TPSA) is 68.7 Å². The van der Waals surface area contributed by atoms with Gasteiger partial charge in [0.2, 0.25) is 8.32 Å². The zero-order chi connectivity index (χ0) is 21.1. The highest BCUT2D eigenvalue weighted by Gasteiger charge is 2.58. The third kappa shape index (κ3) is 3.91. The summed E-state index contributed by atoms with van der Waals surface area (Å²) in [5.74, 6) is -0.338. The Bertz CT molecular complexity index is 684. The number of imide groups is 1. The molecule has 1 aromatic heterocycles. The van der Waals surface area contributed by atoms with E-state index < -0.39 is 26.6 Å². The molecule has 28 heavy (non-hydrogen) atoms. The average molecular weight is 405 g/mol. The quantitative estimate of drug-likeness (QED) is 0.352. The van der Waals surface area contributed by atoms with E-state index in [0.717, 1.165) is 10.5 Å². The van der Waals surface area contributed by atoms with Crippen molar-refractivity contribution in [2.45, 2.75) is 70.3 Å². The number of hydrogen-bond donors (Lipinski definition) is 0. The summed E-state index contributed by atoms with van der Waals surface area (Å²) in [4.78, 5) is 30.6. The van der Waals surface area contributed by atoms with Crippen molar-refractivity contribution in [1.82, 2.24) is 9.88 Å². The van der Waals surface area contributed by atoms with E-state index in [1.807, 2.05) is 12.1 Å². The molecule has 0 radical (unpaired) electrons. The predicted octanol–water partition coefficient (Wildman–Crippen LogP) is 4.85. The second-order valence-electron chi connectivity index (χ2n) is 8.16. The van der Waals surface area contributed by atoms with Crippen molar-refractivity contribution in [2.24, 2.45) is 0 Å². The molecule has 6 nitrogen and oxygen atoms in total. The Hall–Kier alpha value is -1.99. The molecule has 2 amide bonds. The van der Waals surface area contributed by atoms with Crippen molar-refractivity contribution in [3.63, 3.8) is 0 Å². The number of nitrogens with zero attached hydrogens (tertiary/aromatic N) is 2. The number of amides is 2. The molecule has 0 aliphatic carbocycles. The van der Waals surface area contributed by atoms with Gasteiger partial charge in [-0.3, -0.25) is 9.78 Å². The summed E-state index contributed by atoms with van der Waals surface area (Å²) < 4.78 is 11.8. The van der Waals surface area contributed by atoms with E-state index in [1.54, 1.807) is 12.4 Å². The molecule has 0 N–H and O–H groups in total. The molecule has 0 aromatic carbocycles. The van der Waals surface area contributed by atoms with Crippen LogP contribution in [0.2, 0.25) is 16.6 Å². The fraction of sp³-hybridized carbons (Fsp3) is 0.571. The van der Waals surface area contributed by atoms with Crippen LogP contribution in [0, 0.1) is 0 Å². The standard InChI is InChI=1S/C21H32N2O4Si/c1-8-13-26-21(25)23-18(17-9-11-22-12-10-17)19(20(23)24)27-28(14(2)3,15(4)5)16(6)7/h8-12,14-16,18-19H,1,13H2,2-7H3/t18-,19+/m0/s1.